The summed E-state index contributed by atoms with van der Waals surface area (Å²) in [6.07, 6.45) is 4.47. The van der Waals surface area contributed by atoms with E-state index in [1.54, 1.807) is 37.6 Å². The van der Waals surface area contributed by atoms with Crippen LogP contribution in [-0.4, -0.2) is 68.5 Å². The summed E-state index contributed by atoms with van der Waals surface area (Å²) in [7, 11) is 4.79. The summed E-state index contributed by atoms with van der Waals surface area (Å²) in [5.41, 5.74) is 1.76. The molecule has 35 heavy (non-hydrogen) atoms. The molecule has 1 fully saturated rings. The summed E-state index contributed by atoms with van der Waals surface area (Å²) < 4.78 is 16.1. The van der Waals surface area contributed by atoms with Crippen LogP contribution in [0.25, 0.3) is 0 Å². The maximum atomic E-state index is 13.6. The quantitative estimate of drug-likeness (QED) is 0.492. The number of rotatable bonds is 10. The minimum Gasteiger partial charge on any atom is -0.493 e. The van der Waals surface area contributed by atoms with Crippen LogP contribution in [0.15, 0.2) is 40.8 Å². The molecular formula is C26H33N3O5S. The monoisotopic (exact) mass is 499 g/mol. The molecule has 0 spiro atoms. The van der Waals surface area contributed by atoms with Gasteiger partial charge in [0.1, 0.15) is 6.54 Å². The number of hydrogen-bond donors (Lipinski definition) is 0. The molecule has 8 nitrogen and oxygen atoms in total. The van der Waals surface area contributed by atoms with Crippen LogP contribution in [0.1, 0.15) is 48.6 Å². The van der Waals surface area contributed by atoms with E-state index in [-0.39, 0.29) is 30.3 Å². The standard InChI is InChI=1S/C26H33N3O5S/c1-32-13-12-28(26(31)18-7-4-5-8-18)17-25(30)29-21(16-20(27-29)24-9-6-14-35-24)19-10-11-22(33-2)23(15-19)34-3/h6,9-11,14-15,18,21H,4-5,7-8,12-13,16-17H2,1-3H3/t21-/m1/s1. The fraction of sp³-hybridized carbons (Fsp3) is 0.500. The van der Waals surface area contributed by atoms with Gasteiger partial charge in [-0.05, 0) is 42.0 Å². The molecule has 1 saturated carbocycles. The van der Waals surface area contributed by atoms with Crippen molar-refractivity contribution in [3.05, 3.63) is 46.2 Å². The van der Waals surface area contributed by atoms with Gasteiger partial charge in [-0.1, -0.05) is 25.0 Å². The number of benzene rings is 1. The molecule has 0 saturated heterocycles. The highest BCUT2D eigenvalue weighted by atomic mass is 32.1. The lowest BCUT2D eigenvalue weighted by Gasteiger charge is -2.28. The van der Waals surface area contributed by atoms with Crippen LogP contribution in [0.5, 0.6) is 11.5 Å². The van der Waals surface area contributed by atoms with Gasteiger partial charge in [0.2, 0.25) is 5.91 Å². The van der Waals surface area contributed by atoms with Gasteiger partial charge in [-0.3, -0.25) is 9.59 Å². The Hall–Kier alpha value is -2.91. The first kappa shape index (κ1) is 25.2. The smallest absolute Gasteiger partial charge is 0.262 e. The van der Waals surface area contributed by atoms with Gasteiger partial charge in [0.05, 0.1) is 37.5 Å². The van der Waals surface area contributed by atoms with Crippen LogP contribution < -0.4 is 9.47 Å². The molecule has 1 aliphatic heterocycles. The first-order valence-electron chi connectivity index (χ1n) is 12.0. The van der Waals surface area contributed by atoms with Crippen molar-refractivity contribution in [2.75, 3.05) is 41.0 Å². The molecule has 1 aliphatic carbocycles. The van der Waals surface area contributed by atoms with Crippen molar-refractivity contribution in [2.45, 2.75) is 38.1 Å². The summed E-state index contributed by atoms with van der Waals surface area (Å²) in [5.74, 6) is 1.04. The third-order valence-electron chi connectivity index (χ3n) is 6.67. The predicted molar refractivity (Wildman–Crippen MR) is 135 cm³/mol. The molecule has 0 radical (unpaired) electrons. The van der Waals surface area contributed by atoms with Gasteiger partial charge in [-0.2, -0.15) is 5.10 Å². The Kier molecular flexibility index (Phi) is 8.41. The predicted octanol–water partition coefficient (Wildman–Crippen LogP) is 4.11. The van der Waals surface area contributed by atoms with Crippen molar-refractivity contribution in [1.29, 1.82) is 0 Å². The van der Waals surface area contributed by atoms with Crippen molar-refractivity contribution < 1.29 is 23.8 Å². The first-order chi connectivity index (χ1) is 17.0. The fourth-order valence-corrected chi connectivity index (χ4v) is 5.51. The second-order valence-corrected chi connectivity index (χ2v) is 9.78. The lowest BCUT2D eigenvalue weighted by Crippen LogP contribution is -2.44. The zero-order chi connectivity index (χ0) is 24.8. The van der Waals surface area contributed by atoms with Gasteiger partial charge in [0.25, 0.3) is 5.91 Å². The third-order valence-corrected chi connectivity index (χ3v) is 7.59. The summed E-state index contributed by atoms with van der Waals surface area (Å²) in [6.45, 7) is 0.742. The Labute approximate surface area is 210 Å². The Morgan fingerprint density at radius 3 is 2.54 bits per heavy atom. The first-order valence-corrected chi connectivity index (χ1v) is 12.9. The number of carbonyl (C=O) groups excluding carboxylic acids is 2. The number of ether oxygens (including phenoxy) is 3. The lowest BCUT2D eigenvalue weighted by atomic mass is 10.0. The zero-order valence-electron chi connectivity index (χ0n) is 20.6. The van der Waals surface area contributed by atoms with Crippen molar-refractivity contribution in [3.8, 4) is 11.5 Å². The number of nitrogens with zero attached hydrogens (tertiary/aromatic N) is 3. The van der Waals surface area contributed by atoms with E-state index in [2.05, 4.69) is 0 Å². The molecule has 0 unspecified atom stereocenters. The van der Waals surface area contributed by atoms with Gasteiger partial charge in [-0.25, -0.2) is 5.01 Å². The average Bonchev–Trinajstić information content (AvgIpc) is 3.67. The molecule has 9 heteroatoms. The SMILES string of the molecule is COCCN(CC(=O)N1N=C(c2cccs2)C[C@@H]1c1ccc(OC)c(OC)c1)C(=O)C1CCCC1. The number of amides is 2. The minimum absolute atomic E-state index is 0.00920. The van der Waals surface area contributed by atoms with Gasteiger partial charge in [-0.15, -0.1) is 11.3 Å². The van der Waals surface area contributed by atoms with E-state index in [9.17, 15) is 9.59 Å². The van der Waals surface area contributed by atoms with Gasteiger partial charge >= 0.3 is 0 Å². The average molecular weight is 500 g/mol. The largest absolute Gasteiger partial charge is 0.493 e. The highest BCUT2D eigenvalue weighted by molar-refractivity contribution is 7.12. The second-order valence-electron chi connectivity index (χ2n) is 8.83. The van der Waals surface area contributed by atoms with Crippen LogP contribution >= 0.6 is 11.3 Å². The molecule has 1 aromatic heterocycles. The van der Waals surface area contributed by atoms with Gasteiger partial charge in [0, 0.05) is 26.0 Å². The highest BCUT2D eigenvalue weighted by Crippen LogP contribution is 2.38. The summed E-state index contributed by atoms with van der Waals surface area (Å²) in [4.78, 5) is 29.5. The molecule has 2 aromatic rings. The summed E-state index contributed by atoms with van der Waals surface area (Å²) >= 11 is 1.60. The zero-order valence-corrected chi connectivity index (χ0v) is 21.4. The lowest BCUT2D eigenvalue weighted by molar-refractivity contribution is -0.144. The maximum absolute atomic E-state index is 13.6. The summed E-state index contributed by atoms with van der Waals surface area (Å²) in [5, 5.41) is 8.29. The molecule has 0 bridgehead atoms. The minimum atomic E-state index is -0.301. The Morgan fingerprint density at radius 1 is 1.11 bits per heavy atom. The van der Waals surface area contributed by atoms with Gasteiger partial charge < -0.3 is 19.1 Å². The van der Waals surface area contributed by atoms with Crippen LogP contribution in [0, 0.1) is 5.92 Å². The van der Waals surface area contributed by atoms with Crippen LogP contribution in [0.2, 0.25) is 0 Å². The molecule has 2 aliphatic rings. The van der Waals surface area contributed by atoms with Crippen molar-refractivity contribution in [2.24, 2.45) is 11.0 Å². The number of thiophene rings is 1. The maximum Gasteiger partial charge on any atom is 0.262 e. The van der Waals surface area contributed by atoms with E-state index >= 15 is 0 Å². The molecule has 2 amide bonds. The van der Waals surface area contributed by atoms with E-state index in [0.717, 1.165) is 41.8 Å². The highest BCUT2D eigenvalue weighted by Gasteiger charge is 2.36. The molecule has 0 N–H and O–H groups in total. The molecule has 4 rings (SSSR count). The van der Waals surface area contributed by atoms with E-state index in [1.165, 1.54) is 5.01 Å². The molecule has 2 heterocycles. The Bertz CT molecular complexity index is 1050. The van der Waals surface area contributed by atoms with Gasteiger partial charge in [0.15, 0.2) is 11.5 Å². The third kappa shape index (κ3) is 5.67. The van der Waals surface area contributed by atoms with Crippen molar-refractivity contribution in [3.63, 3.8) is 0 Å². The van der Waals surface area contributed by atoms with Crippen LogP contribution in [-0.2, 0) is 14.3 Å². The molecule has 1 atom stereocenters. The van der Waals surface area contributed by atoms with E-state index in [0.29, 0.717) is 31.1 Å². The fourth-order valence-electron chi connectivity index (χ4n) is 4.79. The number of methoxy groups -OCH3 is 3. The topological polar surface area (TPSA) is 80.7 Å². The Balaban J connectivity index is 1.60. The number of hydrazone groups is 1. The van der Waals surface area contributed by atoms with Crippen LogP contribution in [0.4, 0.5) is 0 Å². The number of carbonyl (C=O) groups is 2. The molecule has 188 valence electrons. The van der Waals surface area contributed by atoms with Crippen molar-refractivity contribution >= 4 is 28.9 Å². The number of hydrogen-bond acceptors (Lipinski definition) is 7. The molecular weight excluding hydrogens is 466 g/mol. The van der Waals surface area contributed by atoms with E-state index in [1.807, 2.05) is 35.7 Å². The Morgan fingerprint density at radius 2 is 1.89 bits per heavy atom. The summed E-state index contributed by atoms with van der Waals surface area (Å²) in [6, 6.07) is 9.36. The van der Waals surface area contributed by atoms with E-state index < -0.39 is 0 Å². The van der Waals surface area contributed by atoms with Crippen LogP contribution in [0.3, 0.4) is 0 Å². The second kappa shape index (κ2) is 11.7. The van der Waals surface area contributed by atoms with Crippen molar-refractivity contribution in [1.82, 2.24) is 9.91 Å². The van der Waals surface area contributed by atoms with E-state index in [4.69, 9.17) is 19.3 Å². The molecule has 1 aromatic carbocycles. The normalized spacial score (nSPS) is 18.0.